The van der Waals surface area contributed by atoms with E-state index in [-0.39, 0.29) is 0 Å². The summed E-state index contributed by atoms with van der Waals surface area (Å²) < 4.78 is 11.3. The Labute approximate surface area is 177 Å². The highest BCUT2D eigenvalue weighted by molar-refractivity contribution is 5.90. The number of methoxy groups -OCH3 is 2. The summed E-state index contributed by atoms with van der Waals surface area (Å²) >= 11 is 0. The Bertz CT molecular complexity index is 1260. The van der Waals surface area contributed by atoms with Gasteiger partial charge in [-0.1, -0.05) is 0 Å². The van der Waals surface area contributed by atoms with Crippen LogP contribution in [-0.2, 0) is 9.47 Å². The molecule has 0 amide bonds. The molecule has 0 aliphatic heterocycles. The van der Waals surface area contributed by atoms with E-state index in [0.717, 1.165) is 11.4 Å². The van der Waals surface area contributed by atoms with Crippen molar-refractivity contribution >= 4 is 34.7 Å². The molecule has 4 rings (SSSR count). The number of carbonyl (C=O) groups is 2. The molecule has 156 valence electrons. The van der Waals surface area contributed by atoms with Gasteiger partial charge in [-0.25, -0.2) is 19.6 Å². The van der Waals surface area contributed by atoms with Crippen molar-refractivity contribution < 1.29 is 19.1 Å². The van der Waals surface area contributed by atoms with Crippen LogP contribution < -0.4 is 5.32 Å². The first-order chi connectivity index (χ1) is 15.0. The first kappa shape index (κ1) is 20.0. The van der Waals surface area contributed by atoms with Gasteiger partial charge in [0.2, 0.25) is 5.95 Å². The SMILES string of the molecule is COC(=O)c1ccc(Nc2nc(C)c3ncn(-c4ccc(C(=O)OC)cc4)c3n2)cc1. The summed E-state index contributed by atoms with van der Waals surface area (Å²) in [5, 5.41) is 3.14. The summed E-state index contributed by atoms with van der Waals surface area (Å²) in [4.78, 5) is 36.8. The van der Waals surface area contributed by atoms with E-state index in [0.29, 0.717) is 33.9 Å². The third kappa shape index (κ3) is 3.93. The fraction of sp³-hybridized carbons (Fsp3) is 0.136. The number of nitrogens with one attached hydrogen (secondary N) is 1. The van der Waals surface area contributed by atoms with Gasteiger partial charge in [0, 0.05) is 11.4 Å². The molecule has 2 aromatic carbocycles. The summed E-state index contributed by atoms with van der Waals surface area (Å²) in [6, 6.07) is 13.8. The molecular formula is C22H19N5O4. The zero-order valence-electron chi connectivity index (χ0n) is 17.1. The number of hydrogen-bond acceptors (Lipinski definition) is 8. The van der Waals surface area contributed by atoms with E-state index in [1.165, 1.54) is 14.2 Å². The molecule has 0 bridgehead atoms. The molecule has 0 saturated carbocycles. The van der Waals surface area contributed by atoms with Crippen molar-refractivity contribution in [3.8, 4) is 5.69 Å². The van der Waals surface area contributed by atoms with E-state index >= 15 is 0 Å². The Morgan fingerprint density at radius 2 is 1.45 bits per heavy atom. The highest BCUT2D eigenvalue weighted by Crippen LogP contribution is 2.22. The molecule has 31 heavy (non-hydrogen) atoms. The molecule has 9 heteroatoms. The Morgan fingerprint density at radius 3 is 2.03 bits per heavy atom. The van der Waals surface area contributed by atoms with Crippen LogP contribution in [0.1, 0.15) is 26.4 Å². The molecule has 0 aliphatic carbocycles. The fourth-order valence-corrected chi connectivity index (χ4v) is 3.10. The summed E-state index contributed by atoms with van der Waals surface area (Å²) in [5.74, 6) is -0.407. The number of nitrogens with zero attached hydrogens (tertiary/aromatic N) is 4. The van der Waals surface area contributed by atoms with Crippen LogP contribution in [-0.4, -0.2) is 45.7 Å². The normalized spacial score (nSPS) is 10.7. The molecule has 1 N–H and O–H groups in total. The molecule has 0 atom stereocenters. The van der Waals surface area contributed by atoms with Gasteiger partial charge in [-0.3, -0.25) is 4.57 Å². The second-order valence-electron chi connectivity index (χ2n) is 6.65. The van der Waals surface area contributed by atoms with Crippen molar-refractivity contribution in [2.24, 2.45) is 0 Å². The van der Waals surface area contributed by atoms with E-state index in [4.69, 9.17) is 9.47 Å². The van der Waals surface area contributed by atoms with Gasteiger partial charge in [-0.15, -0.1) is 0 Å². The van der Waals surface area contributed by atoms with E-state index < -0.39 is 11.9 Å². The maximum Gasteiger partial charge on any atom is 0.337 e. The number of aryl methyl sites for hydroxylation is 1. The zero-order chi connectivity index (χ0) is 22.0. The van der Waals surface area contributed by atoms with E-state index in [2.05, 4.69) is 20.3 Å². The number of rotatable bonds is 5. The lowest BCUT2D eigenvalue weighted by Crippen LogP contribution is -2.04. The summed E-state index contributed by atoms with van der Waals surface area (Å²) in [5.41, 5.74) is 4.43. The lowest BCUT2D eigenvalue weighted by molar-refractivity contribution is 0.0592. The van der Waals surface area contributed by atoms with Crippen LogP contribution >= 0.6 is 0 Å². The van der Waals surface area contributed by atoms with Crippen LogP contribution in [0.3, 0.4) is 0 Å². The first-order valence-corrected chi connectivity index (χ1v) is 9.36. The van der Waals surface area contributed by atoms with E-state index in [9.17, 15) is 9.59 Å². The average Bonchev–Trinajstić information content (AvgIpc) is 3.23. The van der Waals surface area contributed by atoms with E-state index in [1.807, 2.05) is 11.5 Å². The number of carbonyl (C=O) groups excluding carboxylic acids is 2. The van der Waals surface area contributed by atoms with Crippen molar-refractivity contribution in [3.05, 3.63) is 71.7 Å². The number of benzene rings is 2. The van der Waals surface area contributed by atoms with Crippen LogP contribution in [0.5, 0.6) is 0 Å². The number of ether oxygens (including phenoxy) is 2. The van der Waals surface area contributed by atoms with Crippen LogP contribution in [0, 0.1) is 6.92 Å². The minimum absolute atomic E-state index is 0.392. The van der Waals surface area contributed by atoms with Gasteiger partial charge in [0.05, 0.1) is 31.0 Å². The van der Waals surface area contributed by atoms with Gasteiger partial charge >= 0.3 is 11.9 Å². The van der Waals surface area contributed by atoms with Crippen molar-refractivity contribution in [3.63, 3.8) is 0 Å². The molecule has 9 nitrogen and oxygen atoms in total. The first-order valence-electron chi connectivity index (χ1n) is 9.36. The minimum atomic E-state index is -0.401. The lowest BCUT2D eigenvalue weighted by atomic mass is 10.2. The number of fused-ring (bicyclic) bond motifs is 1. The molecule has 0 aliphatic rings. The maximum absolute atomic E-state index is 11.7. The number of anilines is 2. The second-order valence-corrected chi connectivity index (χ2v) is 6.65. The summed E-state index contributed by atoms with van der Waals surface area (Å²) in [7, 11) is 2.68. The number of esters is 2. The molecular weight excluding hydrogens is 398 g/mol. The molecule has 0 spiro atoms. The van der Waals surface area contributed by atoms with Gasteiger partial charge in [0.25, 0.3) is 0 Å². The Kier molecular flexibility index (Phi) is 5.31. The van der Waals surface area contributed by atoms with Crippen LogP contribution in [0.25, 0.3) is 16.9 Å². The molecule has 2 aromatic heterocycles. The third-order valence-electron chi connectivity index (χ3n) is 4.70. The number of aromatic nitrogens is 4. The monoisotopic (exact) mass is 417 g/mol. The third-order valence-corrected chi connectivity index (χ3v) is 4.70. The fourth-order valence-electron chi connectivity index (χ4n) is 3.10. The van der Waals surface area contributed by atoms with Gasteiger partial charge in [-0.05, 0) is 55.5 Å². The second kappa shape index (κ2) is 8.23. The van der Waals surface area contributed by atoms with Gasteiger partial charge in [-0.2, -0.15) is 4.98 Å². The van der Waals surface area contributed by atoms with Crippen molar-refractivity contribution in [2.75, 3.05) is 19.5 Å². The lowest BCUT2D eigenvalue weighted by Gasteiger charge is -2.09. The minimum Gasteiger partial charge on any atom is -0.465 e. The predicted molar refractivity (Wildman–Crippen MR) is 114 cm³/mol. The highest BCUT2D eigenvalue weighted by atomic mass is 16.5. The molecule has 0 saturated heterocycles. The van der Waals surface area contributed by atoms with Crippen LogP contribution in [0.15, 0.2) is 54.9 Å². The van der Waals surface area contributed by atoms with Crippen LogP contribution in [0.2, 0.25) is 0 Å². The number of imidazole rings is 1. The van der Waals surface area contributed by atoms with Gasteiger partial charge in [0.1, 0.15) is 11.8 Å². The molecule has 0 radical (unpaired) electrons. The largest absolute Gasteiger partial charge is 0.465 e. The molecule has 2 heterocycles. The van der Waals surface area contributed by atoms with Gasteiger partial charge < -0.3 is 14.8 Å². The van der Waals surface area contributed by atoms with Gasteiger partial charge in [0.15, 0.2) is 5.65 Å². The maximum atomic E-state index is 11.7. The van der Waals surface area contributed by atoms with Crippen LogP contribution in [0.4, 0.5) is 11.6 Å². The number of hydrogen-bond donors (Lipinski definition) is 1. The van der Waals surface area contributed by atoms with Crippen molar-refractivity contribution in [1.82, 2.24) is 19.5 Å². The standard InChI is InChI=1S/C22H19N5O4/c1-13-18-19(27(12-23-18)17-10-6-15(7-11-17)21(29)31-3)26-22(24-13)25-16-8-4-14(5-9-16)20(28)30-2/h4-12H,1-3H3,(H,24,25,26). The summed E-state index contributed by atoms with van der Waals surface area (Å²) in [6.45, 7) is 1.85. The smallest absolute Gasteiger partial charge is 0.337 e. The molecule has 0 fully saturated rings. The Morgan fingerprint density at radius 1 is 0.871 bits per heavy atom. The summed E-state index contributed by atoms with van der Waals surface area (Å²) in [6.07, 6.45) is 1.66. The zero-order valence-corrected chi connectivity index (χ0v) is 17.1. The average molecular weight is 417 g/mol. The topological polar surface area (TPSA) is 108 Å². The molecule has 0 unspecified atom stereocenters. The van der Waals surface area contributed by atoms with Crippen molar-refractivity contribution in [2.45, 2.75) is 6.92 Å². The molecule has 4 aromatic rings. The highest BCUT2D eigenvalue weighted by Gasteiger charge is 2.13. The van der Waals surface area contributed by atoms with Crippen molar-refractivity contribution in [1.29, 1.82) is 0 Å². The predicted octanol–water partition coefficient (Wildman–Crippen LogP) is 3.44. The van der Waals surface area contributed by atoms with E-state index in [1.54, 1.807) is 54.9 Å². The Hall–Kier alpha value is -4.27. The quantitative estimate of drug-likeness (QED) is 0.492. The Balaban J connectivity index is 1.66.